The van der Waals surface area contributed by atoms with Crippen molar-refractivity contribution < 1.29 is 13.3 Å². The fourth-order valence-corrected chi connectivity index (χ4v) is 3.86. The van der Waals surface area contributed by atoms with Crippen molar-refractivity contribution in [1.82, 2.24) is 14.8 Å². The molecule has 0 fully saturated rings. The molecule has 2 aromatic rings. The molecule has 0 unspecified atom stereocenters. The summed E-state index contributed by atoms with van der Waals surface area (Å²) in [6.07, 6.45) is 5.08. The van der Waals surface area contributed by atoms with E-state index in [1.165, 1.54) is 18.2 Å². The van der Waals surface area contributed by atoms with Crippen LogP contribution >= 0.6 is 0 Å². The van der Waals surface area contributed by atoms with E-state index < -0.39 is 20.4 Å². The van der Waals surface area contributed by atoms with Crippen LogP contribution in [-0.4, -0.2) is 34.4 Å². The number of aryl methyl sites for hydroxylation is 1. The predicted molar refractivity (Wildman–Crippen MR) is 91.1 cm³/mol. The molecule has 1 N–H and O–H groups in total. The van der Waals surface area contributed by atoms with Gasteiger partial charge in [-0.15, -0.1) is 10.2 Å². The highest BCUT2D eigenvalue weighted by Gasteiger charge is 2.26. The number of nitro benzene ring substituents is 1. The largest absolute Gasteiger partial charge is 0.372 e. The minimum atomic E-state index is -3.71. The van der Waals surface area contributed by atoms with E-state index in [1.807, 2.05) is 4.57 Å². The Kier molecular flexibility index (Phi) is 4.71. The summed E-state index contributed by atoms with van der Waals surface area (Å²) >= 11 is 0. The molecule has 25 heavy (non-hydrogen) atoms. The molecule has 0 saturated carbocycles. The first-order valence-electron chi connectivity index (χ1n) is 8.00. The topological polar surface area (TPSA) is 120 Å². The number of aromatic nitrogens is 3. The Morgan fingerprint density at radius 1 is 1.28 bits per heavy atom. The van der Waals surface area contributed by atoms with E-state index >= 15 is 0 Å². The molecule has 1 aromatic carbocycles. The third kappa shape index (κ3) is 3.63. The van der Waals surface area contributed by atoms with Crippen LogP contribution in [0.4, 0.5) is 11.4 Å². The first-order valence-corrected chi connectivity index (χ1v) is 9.89. The highest BCUT2D eigenvalue weighted by Crippen LogP contribution is 2.32. The molecular weight excluding hydrogens is 346 g/mol. The summed E-state index contributed by atoms with van der Waals surface area (Å²) in [4.78, 5) is 10.4. The van der Waals surface area contributed by atoms with Crippen LogP contribution in [-0.2, 0) is 29.3 Å². The zero-order valence-electron chi connectivity index (χ0n) is 13.8. The third-order valence-electron chi connectivity index (χ3n) is 4.20. The normalized spacial score (nSPS) is 14.6. The second kappa shape index (κ2) is 6.79. The lowest BCUT2D eigenvalue weighted by molar-refractivity contribution is -0.386. The number of hydrogen-bond acceptors (Lipinski definition) is 7. The molecule has 9 nitrogen and oxygen atoms in total. The van der Waals surface area contributed by atoms with E-state index in [1.54, 1.807) is 0 Å². The van der Waals surface area contributed by atoms with Crippen LogP contribution in [0.15, 0.2) is 23.1 Å². The van der Waals surface area contributed by atoms with Gasteiger partial charge in [-0.2, -0.15) is 0 Å². The number of rotatable bonds is 5. The SMILES string of the molecule is CS(=O)(=O)c1cccc(NCc2nnc3n2CCCCC3)c1[N+](=O)[O-]. The van der Waals surface area contributed by atoms with Crippen molar-refractivity contribution in [3.63, 3.8) is 0 Å². The van der Waals surface area contributed by atoms with Gasteiger partial charge in [0.1, 0.15) is 16.4 Å². The molecule has 3 rings (SSSR count). The summed E-state index contributed by atoms with van der Waals surface area (Å²) in [5, 5.41) is 22.7. The Labute approximate surface area is 145 Å². The molecule has 2 heterocycles. The Hall–Kier alpha value is -2.49. The van der Waals surface area contributed by atoms with Crippen molar-refractivity contribution in [3.8, 4) is 0 Å². The van der Waals surface area contributed by atoms with Crippen LogP contribution in [0.1, 0.15) is 30.9 Å². The molecule has 1 aliphatic rings. The summed E-state index contributed by atoms with van der Waals surface area (Å²) in [7, 11) is -3.71. The van der Waals surface area contributed by atoms with Gasteiger partial charge in [-0.25, -0.2) is 8.42 Å². The Morgan fingerprint density at radius 3 is 2.80 bits per heavy atom. The van der Waals surface area contributed by atoms with Gasteiger partial charge in [0.25, 0.3) is 0 Å². The van der Waals surface area contributed by atoms with Crippen LogP contribution < -0.4 is 5.32 Å². The Balaban J connectivity index is 1.90. The Bertz CT molecular complexity index is 907. The average molecular weight is 365 g/mol. The van der Waals surface area contributed by atoms with Crippen LogP contribution in [0.5, 0.6) is 0 Å². The molecule has 0 saturated heterocycles. The highest BCUT2D eigenvalue weighted by molar-refractivity contribution is 7.90. The number of hydrogen-bond donors (Lipinski definition) is 1. The van der Waals surface area contributed by atoms with Crippen LogP contribution in [0.25, 0.3) is 0 Å². The smallest absolute Gasteiger partial charge is 0.310 e. The molecule has 134 valence electrons. The molecule has 0 aliphatic carbocycles. The second-order valence-electron chi connectivity index (χ2n) is 6.03. The third-order valence-corrected chi connectivity index (χ3v) is 5.33. The maximum Gasteiger partial charge on any atom is 0.310 e. The van der Waals surface area contributed by atoms with Gasteiger partial charge in [0.15, 0.2) is 15.7 Å². The molecule has 0 spiro atoms. The minimum absolute atomic E-state index is 0.152. The molecule has 0 atom stereocenters. The fraction of sp³-hybridized carbons (Fsp3) is 0.467. The molecule has 0 bridgehead atoms. The van der Waals surface area contributed by atoms with Gasteiger partial charge in [-0.1, -0.05) is 12.5 Å². The van der Waals surface area contributed by atoms with Gasteiger partial charge in [-0.3, -0.25) is 10.1 Å². The summed E-state index contributed by atoms with van der Waals surface area (Å²) < 4.78 is 25.7. The molecule has 0 radical (unpaired) electrons. The van der Waals surface area contributed by atoms with Gasteiger partial charge in [0.2, 0.25) is 0 Å². The minimum Gasteiger partial charge on any atom is -0.372 e. The molecule has 1 aromatic heterocycles. The van der Waals surface area contributed by atoms with E-state index in [-0.39, 0.29) is 17.1 Å². The van der Waals surface area contributed by atoms with Crippen LogP contribution in [0.3, 0.4) is 0 Å². The van der Waals surface area contributed by atoms with Crippen molar-refractivity contribution in [2.75, 3.05) is 11.6 Å². The highest BCUT2D eigenvalue weighted by atomic mass is 32.2. The van der Waals surface area contributed by atoms with Gasteiger partial charge >= 0.3 is 5.69 Å². The van der Waals surface area contributed by atoms with E-state index in [0.717, 1.165) is 44.3 Å². The number of fused-ring (bicyclic) bond motifs is 1. The van der Waals surface area contributed by atoms with Crippen molar-refractivity contribution >= 4 is 21.2 Å². The molecule has 0 amide bonds. The van der Waals surface area contributed by atoms with Crippen molar-refractivity contribution in [3.05, 3.63) is 40.0 Å². The van der Waals surface area contributed by atoms with Gasteiger partial charge < -0.3 is 9.88 Å². The number of anilines is 1. The van der Waals surface area contributed by atoms with E-state index in [4.69, 9.17) is 0 Å². The zero-order valence-corrected chi connectivity index (χ0v) is 14.6. The number of para-hydroxylation sites is 1. The van der Waals surface area contributed by atoms with Gasteiger partial charge in [0, 0.05) is 19.2 Å². The summed E-state index contributed by atoms with van der Waals surface area (Å²) in [6, 6.07) is 4.21. The second-order valence-corrected chi connectivity index (χ2v) is 8.01. The maximum absolute atomic E-state index is 11.8. The predicted octanol–water partition coefficient (Wildman–Crippen LogP) is 1.93. The monoisotopic (exact) mass is 365 g/mol. The number of nitrogens with zero attached hydrogens (tertiary/aromatic N) is 4. The Morgan fingerprint density at radius 2 is 2.08 bits per heavy atom. The summed E-state index contributed by atoms with van der Waals surface area (Å²) in [5.41, 5.74) is -0.292. The lowest BCUT2D eigenvalue weighted by atomic mass is 10.2. The fourth-order valence-electron chi connectivity index (χ4n) is 3.00. The first kappa shape index (κ1) is 17.3. The van der Waals surface area contributed by atoms with Crippen molar-refractivity contribution in [2.45, 2.75) is 43.7 Å². The molecule has 1 aliphatic heterocycles. The number of benzene rings is 1. The molecule has 10 heteroatoms. The summed E-state index contributed by atoms with van der Waals surface area (Å²) in [5.74, 6) is 1.62. The lowest BCUT2D eigenvalue weighted by Gasteiger charge is -2.10. The van der Waals surface area contributed by atoms with E-state index in [2.05, 4.69) is 15.5 Å². The van der Waals surface area contributed by atoms with Gasteiger partial charge in [0.05, 0.1) is 11.5 Å². The van der Waals surface area contributed by atoms with E-state index in [0.29, 0.717) is 5.82 Å². The lowest BCUT2D eigenvalue weighted by Crippen LogP contribution is -2.12. The zero-order chi connectivity index (χ0) is 18.0. The van der Waals surface area contributed by atoms with Crippen molar-refractivity contribution in [2.24, 2.45) is 0 Å². The van der Waals surface area contributed by atoms with Crippen molar-refractivity contribution in [1.29, 1.82) is 0 Å². The van der Waals surface area contributed by atoms with E-state index in [9.17, 15) is 18.5 Å². The summed E-state index contributed by atoms with van der Waals surface area (Å²) in [6.45, 7) is 1.06. The maximum atomic E-state index is 11.8. The van der Waals surface area contributed by atoms with Gasteiger partial charge in [-0.05, 0) is 25.0 Å². The number of nitro groups is 1. The number of sulfone groups is 1. The van der Waals surface area contributed by atoms with Crippen LogP contribution in [0, 0.1) is 10.1 Å². The van der Waals surface area contributed by atoms with Crippen LogP contribution in [0.2, 0.25) is 0 Å². The molecular formula is C15H19N5O4S. The first-order chi connectivity index (χ1) is 11.9. The number of nitrogens with one attached hydrogen (secondary N) is 1. The standard InChI is InChI=1S/C15H19N5O4S/c1-25(23,24)12-7-5-6-11(15(12)20(21)22)16-10-14-18-17-13-8-3-2-4-9-19(13)14/h5-7,16H,2-4,8-10H2,1H3. The quantitative estimate of drug-likeness (QED) is 0.635. The average Bonchev–Trinajstić information content (AvgIpc) is 2.78.